The number of hydrogen-bond donors (Lipinski definition) is 2. The molecule has 2 heterocycles. The van der Waals surface area contributed by atoms with E-state index in [0.717, 1.165) is 22.0 Å². The van der Waals surface area contributed by atoms with Crippen molar-refractivity contribution in [1.29, 1.82) is 0 Å². The van der Waals surface area contributed by atoms with Gasteiger partial charge in [0.15, 0.2) is 0 Å². The van der Waals surface area contributed by atoms with Gasteiger partial charge in [0.1, 0.15) is 11.5 Å². The Morgan fingerprint density at radius 1 is 0.969 bits per heavy atom. The van der Waals surface area contributed by atoms with Gasteiger partial charge in [0.2, 0.25) is 5.91 Å². The lowest BCUT2D eigenvalue weighted by Gasteiger charge is -2.34. The van der Waals surface area contributed by atoms with Gasteiger partial charge in [0, 0.05) is 55.9 Å². The summed E-state index contributed by atoms with van der Waals surface area (Å²) in [4.78, 5) is 32.2. The van der Waals surface area contributed by atoms with E-state index in [4.69, 9.17) is 9.47 Å². The second kappa shape index (κ2) is 9.64. The SMILES string of the molecule is COc1cc(CNC(=O)N2CCN(C(=O)Cc3c[nH]c4ccccc34)CC2)cc(OC)c1. The third kappa shape index (κ3) is 4.80. The van der Waals surface area contributed by atoms with E-state index in [1.807, 2.05) is 47.5 Å². The average Bonchev–Trinajstić information content (AvgIpc) is 3.25. The number of rotatable bonds is 6. The number of amides is 3. The lowest BCUT2D eigenvalue weighted by Crippen LogP contribution is -2.53. The van der Waals surface area contributed by atoms with Crippen molar-refractivity contribution in [1.82, 2.24) is 20.1 Å². The molecule has 0 aliphatic carbocycles. The largest absolute Gasteiger partial charge is 0.497 e. The minimum absolute atomic E-state index is 0.0817. The van der Waals surface area contributed by atoms with Crippen molar-refractivity contribution in [2.45, 2.75) is 13.0 Å². The number of carbonyl (C=O) groups is 2. The maximum atomic E-state index is 12.8. The zero-order chi connectivity index (χ0) is 22.5. The van der Waals surface area contributed by atoms with Crippen LogP contribution < -0.4 is 14.8 Å². The molecule has 1 fully saturated rings. The first-order chi connectivity index (χ1) is 15.6. The Balaban J connectivity index is 1.28. The molecule has 8 nitrogen and oxygen atoms in total. The van der Waals surface area contributed by atoms with Crippen LogP contribution in [0.3, 0.4) is 0 Å². The molecule has 1 aliphatic heterocycles. The van der Waals surface area contributed by atoms with Crippen molar-refractivity contribution in [2.24, 2.45) is 0 Å². The van der Waals surface area contributed by atoms with Crippen LogP contribution in [0.1, 0.15) is 11.1 Å². The topological polar surface area (TPSA) is 86.9 Å². The van der Waals surface area contributed by atoms with Crippen LogP contribution in [0, 0.1) is 0 Å². The van der Waals surface area contributed by atoms with E-state index in [1.165, 1.54) is 0 Å². The number of fused-ring (bicyclic) bond motifs is 1. The van der Waals surface area contributed by atoms with Crippen molar-refractivity contribution >= 4 is 22.8 Å². The first-order valence-corrected chi connectivity index (χ1v) is 10.6. The number of methoxy groups -OCH3 is 2. The van der Waals surface area contributed by atoms with Crippen LogP contribution in [-0.4, -0.2) is 67.1 Å². The van der Waals surface area contributed by atoms with Crippen LogP contribution in [0.5, 0.6) is 11.5 Å². The first-order valence-electron chi connectivity index (χ1n) is 10.6. The number of nitrogens with zero attached hydrogens (tertiary/aromatic N) is 2. The van der Waals surface area contributed by atoms with E-state index >= 15 is 0 Å². The summed E-state index contributed by atoms with van der Waals surface area (Å²) >= 11 is 0. The number of aromatic amines is 1. The Morgan fingerprint density at radius 3 is 2.31 bits per heavy atom. The molecule has 8 heteroatoms. The minimum Gasteiger partial charge on any atom is -0.497 e. The summed E-state index contributed by atoms with van der Waals surface area (Å²) in [5, 5.41) is 4.02. The smallest absolute Gasteiger partial charge is 0.317 e. The number of urea groups is 1. The fraction of sp³-hybridized carbons (Fsp3) is 0.333. The molecule has 168 valence electrons. The third-order valence-corrected chi connectivity index (χ3v) is 5.79. The Morgan fingerprint density at radius 2 is 1.62 bits per heavy atom. The highest BCUT2D eigenvalue weighted by atomic mass is 16.5. The summed E-state index contributed by atoms with van der Waals surface area (Å²) in [6.45, 7) is 2.44. The van der Waals surface area contributed by atoms with Gasteiger partial charge in [-0.05, 0) is 29.3 Å². The molecule has 1 saturated heterocycles. The summed E-state index contributed by atoms with van der Waals surface area (Å²) < 4.78 is 10.5. The van der Waals surface area contributed by atoms with E-state index in [0.29, 0.717) is 50.6 Å². The minimum atomic E-state index is -0.143. The summed E-state index contributed by atoms with van der Waals surface area (Å²) in [5.74, 6) is 1.44. The highest BCUT2D eigenvalue weighted by molar-refractivity contribution is 5.89. The Labute approximate surface area is 187 Å². The van der Waals surface area contributed by atoms with Gasteiger partial charge in [-0.15, -0.1) is 0 Å². The molecule has 1 aliphatic rings. The highest BCUT2D eigenvalue weighted by Crippen LogP contribution is 2.22. The fourth-order valence-corrected chi connectivity index (χ4v) is 3.97. The van der Waals surface area contributed by atoms with Gasteiger partial charge in [-0.2, -0.15) is 0 Å². The number of nitrogens with one attached hydrogen (secondary N) is 2. The molecule has 0 atom stereocenters. The summed E-state index contributed by atoms with van der Waals surface area (Å²) in [6.07, 6.45) is 2.26. The van der Waals surface area contributed by atoms with Crippen LogP contribution in [0.15, 0.2) is 48.7 Å². The van der Waals surface area contributed by atoms with Crippen molar-refractivity contribution < 1.29 is 19.1 Å². The summed E-state index contributed by atoms with van der Waals surface area (Å²) in [6, 6.07) is 13.3. The lowest BCUT2D eigenvalue weighted by molar-refractivity contribution is -0.131. The first kappa shape index (κ1) is 21.5. The van der Waals surface area contributed by atoms with Gasteiger partial charge in [0.05, 0.1) is 20.6 Å². The number of carbonyl (C=O) groups excluding carboxylic acids is 2. The number of para-hydroxylation sites is 1. The zero-order valence-electron chi connectivity index (χ0n) is 18.4. The number of piperazine rings is 1. The van der Waals surface area contributed by atoms with E-state index in [9.17, 15) is 9.59 Å². The molecule has 0 saturated carbocycles. The number of ether oxygens (including phenoxy) is 2. The number of H-pyrrole nitrogens is 1. The van der Waals surface area contributed by atoms with Crippen LogP contribution in [-0.2, 0) is 17.8 Å². The highest BCUT2D eigenvalue weighted by Gasteiger charge is 2.24. The summed E-state index contributed by atoms with van der Waals surface area (Å²) in [5.41, 5.74) is 2.92. The lowest BCUT2D eigenvalue weighted by atomic mass is 10.1. The van der Waals surface area contributed by atoms with E-state index in [1.54, 1.807) is 25.2 Å². The Hall–Kier alpha value is -3.68. The molecule has 4 rings (SSSR count). The van der Waals surface area contributed by atoms with Crippen molar-refractivity contribution in [3.63, 3.8) is 0 Å². The quantitative estimate of drug-likeness (QED) is 0.622. The maximum Gasteiger partial charge on any atom is 0.317 e. The standard InChI is InChI=1S/C24H28N4O4/c1-31-19-11-17(12-20(14-19)32-2)15-26-24(30)28-9-7-27(8-10-28)23(29)13-18-16-25-22-6-4-3-5-21(18)22/h3-6,11-12,14,16,25H,7-10,13,15H2,1-2H3,(H,26,30). The molecule has 32 heavy (non-hydrogen) atoms. The van der Waals surface area contributed by atoms with Gasteiger partial charge in [-0.25, -0.2) is 4.79 Å². The van der Waals surface area contributed by atoms with Crippen molar-refractivity contribution in [3.8, 4) is 11.5 Å². The molecular formula is C24H28N4O4. The van der Waals surface area contributed by atoms with Gasteiger partial charge in [-0.1, -0.05) is 18.2 Å². The molecule has 2 N–H and O–H groups in total. The molecule has 1 aromatic heterocycles. The summed E-state index contributed by atoms with van der Waals surface area (Å²) in [7, 11) is 3.19. The molecule has 3 amide bonds. The number of benzene rings is 2. The molecule has 2 aromatic carbocycles. The zero-order valence-corrected chi connectivity index (χ0v) is 18.4. The number of hydrogen-bond acceptors (Lipinski definition) is 4. The Bertz CT molecular complexity index is 1080. The van der Waals surface area contributed by atoms with Crippen LogP contribution >= 0.6 is 0 Å². The molecule has 0 unspecified atom stereocenters. The molecular weight excluding hydrogens is 408 g/mol. The second-order valence-corrected chi connectivity index (χ2v) is 7.78. The molecule has 0 radical (unpaired) electrons. The molecule has 0 spiro atoms. The molecule has 0 bridgehead atoms. The van der Waals surface area contributed by atoms with Crippen LogP contribution in [0.4, 0.5) is 4.79 Å². The molecule has 3 aromatic rings. The predicted octanol–water partition coefficient (Wildman–Crippen LogP) is 2.78. The van der Waals surface area contributed by atoms with Crippen LogP contribution in [0.25, 0.3) is 10.9 Å². The second-order valence-electron chi connectivity index (χ2n) is 7.78. The van der Waals surface area contributed by atoms with Gasteiger partial charge < -0.3 is 29.6 Å². The average molecular weight is 437 g/mol. The van der Waals surface area contributed by atoms with Crippen molar-refractivity contribution in [2.75, 3.05) is 40.4 Å². The van der Waals surface area contributed by atoms with Gasteiger partial charge in [0.25, 0.3) is 0 Å². The van der Waals surface area contributed by atoms with Crippen LogP contribution in [0.2, 0.25) is 0 Å². The van der Waals surface area contributed by atoms with Crippen molar-refractivity contribution in [3.05, 3.63) is 59.8 Å². The Kier molecular flexibility index (Phi) is 6.49. The van der Waals surface area contributed by atoms with Gasteiger partial charge in [-0.3, -0.25) is 4.79 Å². The van der Waals surface area contributed by atoms with Gasteiger partial charge >= 0.3 is 6.03 Å². The monoisotopic (exact) mass is 436 g/mol. The normalized spacial score (nSPS) is 13.8. The fourth-order valence-electron chi connectivity index (χ4n) is 3.97. The number of aromatic nitrogens is 1. The van der Waals surface area contributed by atoms with E-state index in [-0.39, 0.29) is 11.9 Å². The predicted molar refractivity (Wildman–Crippen MR) is 122 cm³/mol. The van der Waals surface area contributed by atoms with E-state index in [2.05, 4.69) is 10.3 Å². The maximum absolute atomic E-state index is 12.8. The third-order valence-electron chi connectivity index (χ3n) is 5.79. The van der Waals surface area contributed by atoms with E-state index < -0.39 is 0 Å².